The average molecular weight is 289 g/mol. The van der Waals surface area contributed by atoms with Crippen molar-refractivity contribution in [3.05, 3.63) is 59.4 Å². The molecule has 0 aliphatic rings. The molecule has 1 N–H and O–H groups in total. The molecule has 0 radical (unpaired) electrons. The zero-order valence-electron chi connectivity index (χ0n) is 12.5. The molecule has 0 saturated carbocycles. The first-order chi connectivity index (χ1) is 10.0. The Bertz CT molecular complexity index is 613. The van der Waals surface area contributed by atoms with E-state index >= 15 is 0 Å². The van der Waals surface area contributed by atoms with Crippen molar-refractivity contribution in [1.82, 2.24) is 0 Å². The predicted molar refractivity (Wildman–Crippen MR) is 82.1 cm³/mol. The van der Waals surface area contributed by atoms with Gasteiger partial charge in [-0.05, 0) is 19.1 Å². The molecule has 0 bridgehead atoms. The van der Waals surface area contributed by atoms with E-state index in [1.807, 2.05) is 24.3 Å². The molecule has 0 saturated heterocycles. The van der Waals surface area contributed by atoms with Crippen molar-refractivity contribution in [2.45, 2.75) is 19.6 Å². The zero-order valence-corrected chi connectivity index (χ0v) is 12.5. The summed E-state index contributed by atoms with van der Waals surface area (Å²) >= 11 is 0. The molecule has 2 aromatic rings. The second kappa shape index (κ2) is 6.59. The molecular formula is C17H20FNO2. The molecule has 0 spiro atoms. The van der Waals surface area contributed by atoms with E-state index in [4.69, 9.17) is 4.74 Å². The standard InChI is InChI=1S/C17H20FNO2/c1-12(20)14-8-6-9-15(18)17(14)19(2)11-13-7-4-5-10-16(13)21-3/h4-10,12,20H,11H2,1-3H3/t12-/m1/s1. The van der Waals surface area contributed by atoms with Crippen molar-refractivity contribution in [2.75, 3.05) is 19.1 Å². The number of methoxy groups -OCH3 is 1. The summed E-state index contributed by atoms with van der Waals surface area (Å²) in [5.74, 6) is 0.421. The van der Waals surface area contributed by atoms with Gasteiger partial charge >= 0.3 is 0 Å². The van der Waals surface area contributed by atoms with Gasteiger partial charge in [0.2, 0.25) is 0 Å². The lowest BCUT2D eigenvalue weighted by atomic mass is 10.1. The van der Waals surface area contributed by atoms with Gasteiger partial charge < -0.3 is 14.7 Å². The number of benzene rings is 2. The van der Waals surface area contributed by atoms with Crippen LogP contribution in [-0.4, -0.2) is 19.3 Å². The fourth-order valence-corrected chi connectivity index (χ4v) is 2.44. The van der Waals surface area contributed by atoms with Crippen LogP contribution >= 0.6 is 0 Å². The van der Waals surface area contributed by atoms with Gasteiger partial charge in [-0.25, -0.2) is 4.39 Å². The molecule has 0 fully saturated rings. The van der Waals surface area contributed by atoms with Crippen LogP contribution in [0.3, 0.4) is 0 Å². The highest BCUT2D eigenvalue weighted by Crippen LogP contribution is 2.30. The molecule has 0 aliphatic heterocycles. The minimum absolute atomic E-state index is 0.342. The minimum Gasteiger partial charge on any atom is -0.496 e. The lowest BCUT2D eigenvalue weighted by Crippen LogP contribution is -2.20. The molecule has 0 aliphatic carbocycles. The first-order valence-corrected chi connectivity index (χ1v) is 6.84. The number of aliphatic hydroxyl groups excluding tert-OH is 1. The third-order valence-corrected chi connectivity index (χ3v) is 3.45. The maximum absolute atomic E-state index is 14.2. The van der Waals surface area contributed by atoms with E-state index in [2.05, 4.69) is 0 Å². The van der Waals surface area contributed by atoms with Gasteiger partial charge in [0, 0.05) is 24.7 Å². The van der Waals surface area contributed by atoms with E-state index in [-0.39, 0.29) is 5.82 Å². The van der Waals surface area contributed by atoms with Crippen LogP contribution in [0.4, 0.5) is 10.1 Å². The number of nitrogens with zero attached hydrogens (tertiary/aromatic N) is 1. The highest BCUT2D eigenvalue weighted by Gasteiger charge is 2.17. The van der Waals surface area contributed by atoms with Crippen molar-refractivity contribution >= 4 is 5.69 Å². The van der Waals surface area contributed by atoms with Crippen LogP contribution in [0.25, 0.3) is 0 Å². The van der Waals surface area contributed by atoms with Gasteiger partial charge in [0.05, 0.1) is 18.9 Å². The summed E-state index contributed by atoms with van der Waals surface area (Å²) in [7, 11) is 3.42. The molecule has 2 aromatic carbocycles. The lowest BCUT2D eigenvalue weighted by Gasteiger charge is -2.25. The Labute approximate surface area is 124 Å². The molecule has 2 rings (SSSR count). The number of ether oxygens (including phenoxy) is 1. The van der Waals surface area contributed by atoms with Crippen LogP contribution in [0.2, 0.25) is 0 Å². The van der Waals surface area contributed by atoms with Gasteiger partial charge in [-0.3, -0.25) is 0 Å². The van der Waals surface area contributed by atoms with E-state index in [9.17, 15) is 9.50 Å². The summed E-state index contributed by atoms with van der Waals surface area (Å²) in [4.78, 5) is 1.79. The van der Waals surface area contributed by atoms with E-state index in [0.717, 1.165) is 11.3 Å². The topological polar surface area (TPSA) is 32.7 Å². The summed E-state index contributed by atoms with van der Waals surface area (Å²) in [6.45, 7) is 2.12. The predicted octanol–water partition coefficient (Wildman–Crippen LogP) is 3.52. The fraction of sp³-hybridized carbons (Fsp3) is 0.294. The number of anilines is 1. The Morgan fingerprint density at radius 1 is 1.19 bits per heavy atom. The Balaban J connectivity index is 2.35. The van der Waals surface area contributed by atoms with Crippen molar-refractivity contribution < 1.29 is 14.2 Å². The van der Waals surface area contributed by atoms with Crippen molar-refractivity contribution in [1.29, 1.82) is 0 Å². The first-order valence-electron chi connectivity index (χ1n) is 6.84. The van der Waals surface area contributed by atoms with Crippen molar-refractivity contribution in [2.24, 2.45) is 0 Å². The molecular weight excluding hydrogens is 269 g/mol. The number of halogens is 1. The zero-order chi connectivity index (χ0) is 15.4. The van der Waals surface area contributed by atoms with Gasteiger partial charge in [0.1, 0.15) is 11.6 Å². The molecule has 1 atom stereocenters. The smallest absolute Gasteiger partial charge is 0.146 e. The van der Waals surface area contributed by atoms with E-state index in [1.165, 1.54) is 6.07 Å². The molecule has 21 heavy (non-hydrogen) atoms. The lowest BCUT2D eigenvalue weighted by molar-refractivity contribution is 0.199. The van der Waals surface area contributed by atoms with Gasteiger partial charge in [0.25, 0.3) is 0 Å². The van der Waals surface area contributed by atoms with Gasteiger partial charge in [-0.15, -0.1) is 0 Å². The normalized spacial score (nSPS) is 12.0. The number of hydrogen-bond donors (Lipinski definition) is 1. The average Bonchev–Trinajstić information content (AvgIpc) is 2.47. The highest BCUT2D eigenvalue weighted by atomic mass is 19.1. The Kier molecular flexibility index (Phi) is 4.81. The summed E-state index contributed by atoms with van der Waals surface area (Å²) in [5, 5.41) is 9.83. The molecule has 0 aromatic heterocycles. The van der Waals surface area contributed by atoms with Gasteiger partial charge in [-0.1, -0.05) is 30.3 Å². The van der Waals surface area contributed by atoms with Gasteiger partial charge in [0.15, 0.2) is 0 Å². The maximum atomic E-state index is 14.2. The quantitative estimate of drug-likeness (QED) is 0.914. The molecule has 0 heterocycles. The number of rotatable bonds is 5. The summed E-state index contributed by atoms with van der Waals surface area (Å²) < 4.78 is 19.5. The first kappa shape index (κ1) is 15.3. The summed E-state index contributed by atoms with van der Waals surface area (Å²) in [6.07, 6.45) is -0.726. The Morgan fingerprint density at radius 2 is 1.90 bits per heavy atom. The van der Waals surface area contributed by atoms with Crippen LogP contribution in [0.1, 0.15) is 24.2 Å². The van der Waals surface area contributed by atoms with Crippen LogP contribution in [0, 0.1) is 5.82 Å². The second-order valence-electron chi connectivity index (χ2n) is 5.02. The third-order valence-electron chi connectivity index (χ3n) is 3.45. The van der Waals surface area contributed by atoms with Crippen LogP contribution in [-0.2, 0) is 6.54 Å². The largest absolute Gasteiger partial charge is 0.496 e. The summed E-state index contributed by atoms with van der Waals surface area (Å²) in [6, 6.07) is 12.4. The highest BCUT2D eigenvalue weighted by molar-refractivity contribution is 5.56. The maximum Gasteiger partial charge on any atom is 0.146 e. The van der Waals surface area contributed by atoms with Crippen LogP contribution < -0.4 is 9.64 Å². The minimum atomic E-state index is -0.726. The molecule has 4 heteroatoms. The van der Waals surface area contributed by atoms with E-state index in [0.29, 0.717) is 17.8 Å². The molecule has 0 amide bonds. The van der Waals surface area contributed by atoms with Gasteiger partial charge in [-0.2, -0.15) is 0 Å². The number of para-hydroxylation sites is 2. The number of hydrogen-bond acceptors (Lipinski definition) is 3. The Morgan fingerprint density at radius 3 is 2.57 bits per heavy atom. The number of aliphatic hydroxyl groups is 1. The molecule has 3 nitrogen and oxygen atoms in total. The van der Waals surface area contributed by atoms with E-state index < -0.39 is 6.10 Å². The van der Waals surface area contributed by atoms with E-state index in [1.54, 1.807) is 38.1 Å². The summed E-state index contributed by atoms with van der Waals surface area (Å²) in [5.41, 5.74) is 1.95. The van der Waals surface area contributed by atoms with Crippen molar-refractivity contribution in [3.8, 4) is 5.75 Å². The van der Waals surface area contributed by atoms with Crippen LogP contribution in [0.15, 0.2) is 42.5 Å². The van der Waals surface area contributed by atoms with Crippen LogP contribution in [0.5, 0.6) is 5.75 Å². The second-order valence-corrected chi connectivity index (χ2v) is 5.02. The Hall–Kier alpha value is -2.07. The third kappa shape index (κ3) is 3.34. The molecule has 0 unspecified atom stereocenters. The SMILES string of the molecule is COc1ccccc1CN(C)c1c(F)cccc1[C@@H](C)O. The van der Waals surface area contributed by atoms with Crippen molar-refractivity contribution in [3.63, 3.8) is 0 Å². The monoisotopic (exact) mass is 289 g/mol. The fourth-order valence-electron chi connectivity index (χ4n) is 2.44. The molecule has 112 valence electrons.